The number of benzene rings is 3. The normalized spacial score (nSPS) is 13.1. The van der Waals surface area contributed by atoms with Crippen LogP contribution in [0.3, 0.4) is 0 Å². The molecule has 0 N–H and O–H groups in total. The molecule has 58 heavy (non-hydrogen) atoms. The van der Waals surface area contributed by atoms with Gasteiger partial charge < -0.3 is 14.0 Å². The molecule has 0 aromatic heterocycles. The molecular weight excluding hydrogens is 768 g/mol. The van der Waals surface area contributed by atoms with Gasteiger partial charge in [0.25, 0.3) is 0 Å². The lowest BCUT2D eigenvalue weighted by Crippen LogP contribution is -2.34. The van der Waals surface area contributed by atoms with Gasteiger partial charge in [0, 0.05) is 50.3 Å². The Hall–Kier alpha value is -1.35. The van der Waals surface area contributed by atoms with Crippen molar-refractivity contribution in [2.24, 2.45) is 0 Å². The lowest BCUT2D eigenvalue weighted by molar-refractivity contribution is 0.0921. The predicted octanol–water partition coefficient (Wildman–Crippen LogP) is 16.9. The van der Waals surface area contributed by atoms with Crippen LogP contribution in [0.15, 0.2) is 106 Å². The predicted molar refractivity (Wildman–Crippen MR) is 260 cm³/mol. The van der Waals surface area contributed by atoms with E-state index in [1.54, 1.807) is 0 Å². The lowest BCUT2D eigenvalue weighted by Gasteiger charge is -2.24. The molecule has 7 heteroatoms. The van der Waals surface area contributed by atoms with Crippen molar-refractivity contribution in [1.82, 2.24) is 0 Å². The Bertz CT molecular complexity index is 1140. The van der Waals surface area contributed by atoms with Gasteiger partial charge in [-0.2, -0.15) is 0 Å². The summed E-state index contributed by atoms with van der Waals surface area (Å²) >= 11 is 5.85. The van der Waals surface area contributed by atoms with Crippen molar-refractivity contribution in [3.63, 3.8) is 0 Å². The van der Waals surface area contributed by atoms with Crippen LogP contribution in [-0.2, 0) is 14.0 Å². The third kappa shape index (κ3) is 26.8. The maximum absolute atomic E-state index is 6.77. The Balaban J connectivity index is 1.71. The van der Waals surface area contributed by atoms with Crippen molar-refractivity contribution < 1.29 is 14.0 Å². The molecule has 3 aromatic rings. The number of thioether (sulfide) groups is 3. The summed E-state index contributed by atoms with van der Waals surface area (Å²) in [5, 5.41) is 1.03. The molecule has 0 fully saturated rings. The maximum atomic E-state index is 6.77. The van der Waals surface area contributed by atoms with Crippen LogP contribution in [-0.4, -0.2) is 42.9 Å². The van der Waals surface area contributed by atoms with Crippen LogP contribution in [0.4, 0.5) is 0 Å². The summed E-state index contributed by atoms with van der Waals surface area (Å²) in [5.41, 5.74) is 0. The Morgan fingerprint density at radius 2 is 0.586 bits per heavy atom. The van der Waals surface area contributed by atoms with Crippen molar-refractivity contribution in [2.45, 2.75) is 205 Å². The summed E-state index contributed by atoms with van der Waals surface area (Å²) in [5.74, 6) is 0. The molecule has 3 rings (SSSR count). The van der Waals surface area contributed by atoms with Crippen LogP contribution in [0.2, 0.25) is 0 Å². The molecule has 3 aromatic carbocycles. The first-order valence-corrected chi connectivity index (χ1v) is 26.3. The molecule has 0 saturated heterocycles. The van der Waals surface area contributed by atoms with Crippen molar-refractivity contribution in [1.29, 1.82) is 0 Å². The quantitative estimate of drug-likeness (QED) is 0.0323. The molecule has 3 nitrogen and oxygen atoms in total. The highest BCUT2D eigenvalue weighted by atomic mass is 32.2. The van der Waals surface area contributed by atoms with Crippen LogP contribution < -0.4 is 0 Å². The van der Waals surface area contributed by atoms with Gasteiger partial charge in [-0.3, -0.25) is 0 Å². The summed E-state index contributed by atoms with van der Waals surface area (Å²) in [6.45, 7) is 8.73. The third-order valence-electron chi connectivity index (χ3n) is 10.8. The average molecular weight is 849 g/mol. The standard InChI is InChI=1S/C51H81BO3S3/c1-4-7-10-13-16-19-25-40-49(56-46-34-28-22-29-35-46)43-53-52(54-44-50(57-47-36-30-23-31-37-47)41-26-20-17-14-11-8-5-2)55-45-51(58-48-38-32-24-33-39-48)42-27-21-18-15-12-9-6-3/h22-24,28-39,49-51H,4-21,25-27,40-45H2,1-3H3. The average Bonchev–Trinajstić information content (AvgIpc) is 3.25. The van der Waals surface area contributed by atoms with E-state index in [2.05, 4.69) is 112 Å². The Labute approximate surface area is 370 Å². The molecule has 0 spiro atoms. The fraction of sp³-hybridized carbons (Fsp3) is 0.647. The van der Waals surface area contributed by atoms with Crippen LogP contribution >= 0.6 is 35.3 Å². The third-order valence-corrected chi connectivity index (χ3v) is 14.5. The van der Waals surface area contributed by atoms with Gasteiger partial charge in [0.15, 0.2) is 0 Å². The zero-order valence-corrected chi connectivity index (χ0v) is 39.5. The van der Waals surface area contributed by atoms with E-state index in [1.165, 1.54) is 150 Å². The van der Waals surface area contributed by atoms with Crippen LogP contribution in [0.1, 0.15) is 175 Å². The molecule has 0 aliphatic heterocycles. The molecular formula is C51H81BO3S3. The molecule has 3 atom stereocenters. The fourth-order valence-electron chi connectivity index (χ4n) is 7.29. The van der Waals surface area contributed by atoms with Crippen LogP contribution in [0, 0.1) is 0 Å². The van der Waals surface area contributed by atoms with Crippen molar-refractivity contribution >= 4 is 42.6 Å². The second-order valence-corrected chi connectivity index (χ2v) is 20.3. The van der Waals surface area contributed by atoms with Gasteiger partial charge in [0.1, 0.15) is 0 Å². The summed E-state index contributed by atoms with van der Waals surface area (Å²) in [6, 6.07) is 32.6. The van der Waals surface area contributed by atoms with E-state index in [0.29, 0.717) is 35.6 Å². The van der Waals surface area contributed by atoms with E-state index in [0.717, 1.165) is 19.3 Å². The number of unbranched alkanes of at least 4 members (excludes halogenated alkanes) is 18. The second-order valence-electron chi connectivity index (χ2n) is 16.2. The first kappa shape index (κ1) is 51.0. The van der Waals surface area contributed by atoms with Crippen molar-refractivity contribution in [3.05, 3.63) is 91.0 Å². The van der Waals surface area contributed by atoms with Gasteiger partial charge in [-0.25, -0.2) is 0 Å². The molecule has 0 heterocycles. The Morgan fingerprint density at radius 3 is 0.845 bits per heavy atom. The second kappa shape index (κ2) is 36.3. The zero-order valence-electron chi connectivity index (χ0n) is 37.0. The van der Waals surface area contributed by atoms with Gasteiger partial charge in [-0.15, -0.1) is 35.3 Å². The van der Waals surface area contributed by atoms with Gasteiger partial charge in [0.2, 0.25) is 0 Å². The maximum Gasteiger partial charge on any atom is 0.639 e. The molecule has 0 amide bonds. The van der Waals surface area contributed by atoms with E-state index in [4.69, 9.17) is 14.0 Å². The van der Waals surface area contributed by atoms with Gasteiger partial charge in [-0.05, 0) is 55.7 Å². The van der Waals surface area contributed by atoms with E-state index in [1.807, 2.05) is 35.3 Å². The first-order valence-electron chi connectivity index (χ1n) is 23.7. The monoisotopic (exact) mass is 849 g/mol. The van der Waals surface area contributed by atoms with Gasteiger partial charge in [0.05, 0.1) is 0 Å². The minimum absolute atomic E-state index is 0.345. The topological polar surface area (TPSA) is 27.7 Å². The number of hydrogen-bond donors (Lipinski definition) is 0. The van der Waals surface area contributed by atoms with E-state index in [9.17, 15) is 0 Å². The molecule has 3 unspecified atom stereocenters. The largest absolute Gasteiger partial charge is 0.639 e. The van der Waals surface area contributed by atoms with Crippen LogP contribution in [0.5, 0.6) is 0 Å². The Morgan fingerprint density at radius 1 is 0.345 bits per heavy atom. The molecule has 0 aliphatic carbocycles. The number of rotatable bonds is 39. The smallest absolute Gasteiger partial charge is 0.385 e. The van der Waals surface area contributed by atoms with Crippen molar-refractivity contribution in [2.75, 3.05) is 19.8 Å². The van der Waals surface area contributed by atoms with E-state index < -0.39 is 7.32 Å². The fourth-order valence-corrected chi connectivity index (χ4v) is 10.7. The van der Waals surface area contributed by atoms with E-state index >= 15 is 0 Å². The highest BCUT2D eigenvalue weighted by Crippen LogP contribution is 2.31. The van der Waals surface area contributed by atoms with Crippen molar-refractivity contribution in [3.8, 4) is 0 Å². The first-order chi connectivity index (χ1) is 28.7. The molecule has 0 bridgehead atoms. The number of hydrogen-bond acceptors (Lipinski definition) is 6. The molecule has 324 valence electrons. The molecule has 0 radical (unpaired) electrons. The Kier molecular flexibility index (Phi) is 31.9. The van der Waals surface area contributed by atoms with Gasteiger partial charge >= 0.3 is 7.32 Å². The summed E-state index contributed by atoms with van der Waals surface area (Å²) in [4.78, 5) is 3.92. The van der Waals surface area contributed by atoms with E-state index in [-0.39, 0.29) is 0 Å². The summed E-state index contributed by atoms with van der Waals surface area (Å²) < 4.78 is 20.3. The lowest BCUT2D eigenvalue weighted by atomic mass is 10.1. The summed E-state index contributed by atoms with van der Waals surface area (Å²) in [6.07, 6.45) is 31.1. The molecule has 0 saturated carbocycles. The SMILES string of the molecule is CCCCCCCCCC(COB(OCC(CCCCCCCCC)Sc1ccccc1)OCC(CCCCCCCCC)Sc1ccccc1)Sc1ccccc1. The zero-order chi connectivity index (χ0) is 41.0. The minimum atomic E-state index is -0.686. The van der Waals surface area contributed by atoms with Gasteiger partial charge in [-0.1, -0.05) is 210 Å². The highest BCUT2D eigenvalue weighted by molar-refractivity contribution is 8.00. The van der Waals surface area contributed by atoms with Crippen LogP contribution in [0.25, 0.3) is 0 Å². The molecule has 0 aliphatic rings. The minimum Gasteiger partial charge on any atom is -0.385 e. The highest BCUT2D eigenvalue weighted by Gasteiger charge is 2.28. The summed E-state index contributed by atoms with van der Waals surface area (Å²) in [7, 11) is -0.686.